The van der Waals surface area contributed by atoms with E-state index in [1.54, 1.807) is 6.07 Å². The molecule has 0 saturated carbocycles. The van der Waals surface area contributed by atoms with Gasteiger partial charge in [-0.05, 0) is 42.0 Å². The zero-order valence-corrected chi connectivity index (χ0v) is 11.8. The molecule has 0 saturated heterocycles. The molecule has 2 rings (SSSR count). The summed E-state index contributed by atoms with van der Waals surface area (Å²) in [5, 5.41) is -0.121. The molecule has 2 aromatic rings. The molecule has 0 amide bonds. The molecule has 0 aliphatic carbocycles. The van der Waals surface area contributed by atoms with E-state index in [0.29, 0.717) is 5.56 Å². The summed E-state index contributed by atoms with van der Waals surface area (Å²) < 4.78 is 31.3. The molecular formula is C16H11ClF2O2. The first kappa shape index (κ1) is 15.2. The Balaban J connectivity index is 2.18. The van der Waals surface area contributed by atoms with Crippen molar-refractivity contribution < 1.29 is 18.3 Å². The highest BCUT2D eigenvalue weighted by Gasteiger charge is 2.06. The molecule has 0 bridgehead atoms. The first-order chi connectivity index (χ1) is 10.0. The third kappa shape index (κ3) is 3.67. The summed E-state index contributed by atoms with van der Waals surface area (Å²) >= 11 is 5.61. The van der Waals surface area contributed by atoms with Crippen molar-refractivity contribution in [3.8, 4) is 5.75 Å². The van der Waals surface area contributed by atoms with Crippen molar-refractivity contribution >= 4 is 23.5 Å². The van der Waals surface area contributed by atoms with Gasteiger partial charge in [0.15, 0.2) is 17.3 Å². The molecule has 0 fully saturated rings. The zero-order valence-electron chi connectivity index (χ0n) is 11.1. The maximum atomic E-state index is 13.5. The minimum atomic E-state index is -0.588. The van der Waals surface area contributed by atoms with Crippen LogP contribution in [0.1, 0.15) is 15.9 Å². The average molecular weight is 309 g/mol. The van der Waals surface area contributed by atoms with Crippen LogP contribution in [0.25, 0.3) is 6.08 Å². The smallest absolute Gasteiger partial charge is 0.185 e. The molecule has 0 aliphatic rings. The van der Waals surface area contributed by atoms with Crippen LogP contribution in [0, 0.1) is 11.6 Å². The van der Waals surface area contributed by atoms with Gasteiger partial charge in [0.2, 0.25) is 0 Å². The molecule has 0 spiro atoms. The van der Waals surface area contributed by atoms with Gasteiger partial charge in [-0.2, -0.15) is 0 Å². The second-order valence-electron chi connectivity index (χ2n) is 4.22. The van der Waals surface area contributed by atoms with Crippen LogP contribution in [0.2, 0.25) is 5.02 Å². The van der Waals surface area contributed by atoms with E-state index in [0.717, 1.165) is 6.07 Å². The molecule has 2 aromatic carbocycles. The van der Waals surface area contributed by atoms with Gasteiger partial charge in [0, 0.05) is 5.56 Å². The van der Waals surface area contributed by atoms with Crippen molar-refractivity contribution in [3.05, 3.63) is 70.3 Å². The van der Waals surface area contributed by atoms with Crippen molar-refractivity contribution in [3.63, 3.8) is 0 Å². The van der Waals surface area contributed by atoms with Crippen molar-refractivity contribution in [2.24, 2.45) is 0 Å². The van der Waals surface area contributed by atoms with E-state index in [9.17, 15) is 13.6 Å². The minimum absolute atomic E-state index is 0.121. The van der Waals surface area contributed by atoms with Crippen LogP contribution in [-0.4, -0.2) is 12.9 Å². The predicted molar refractivity (Wildman–Crippen MR) is 77.7 cm³/mol. The van der Waals surface area contributed by atoms with Gasteiger partial charge in [-0.3, -0.25) is 4.79 Å². The van der Waals surface area contributed by atoms with E-state index >= 15 is 0 Å². The second-order valence-corrected chi connectivity index (χ2v) is 4.63. The van der Waals surface area contributed by atoms with E-state index in [2.05, 4.69) is 0 Å². The Morgan fingerprint density at radius 1 is 1.14 bits per heavy atom. The largest absolute Gasteiger partial charge is 0.494 e. The molecule has 21 heavy (non-hydrogen) atoms. The van der Waals surface area contributed by atoms with Crippen LogP contribution in [0.15, 0.2) is 42.5 Å². The molecule has 0 radical (unpaired) electrons. The summed E-state index contributed by atoms with van der Waals surface area (Å²) in [4.78, 5) is 11.9. The van der Waals surface area contributed by atoms with Gasteiger partial charge in [0.25, 0.3) is 0 Å². The highest BCUT2D eigenvalue weighted by molar-refractivity contribution is 6.31. The van der Waals surface area contributed by atoms with Crippen LogP contribution in [0.5, 0.6) is 5.75 Å². The summed E-state index contributed by atoms with van der Waals surface area (Å²) in [6, 6.07) is 8.04. The number of halogens is 3. The number of allylic oxidation sites excluding steroid dienone is 1. The number of ether oxygens (including phenoxy) is 1. The molecule has 0 aliphatic heterocycles. The predicted octanol–water partition coefficient (Wildman–Crippen LogP) is 4.52. The van der Waals surface area contributed by atoms with Gasteiger partial charge >= 0.3 is 0 Å². The Morgan fingerprint density at radius 2 is 1.90 bits per heavy atom. The molecule has 108 valence electrons. The molecule has 0 unspecified atom stereocenters. The number of benzene rings is 2. The first-order valence-electron chi connectivity index (χ1n) is 6.02. The standard InChI is InChI=1S/C16H11ClF2O2/c1-21-16-7-3-10(8-14(16)19)2-6-15(20)11-4-5-13(18)12(17)9-11/h2-9H,1H3/b6-2+. The van der Waals surface area contributed by atoms with Crippen molar-refractivity contribution in [1.82, 2.24) is 0 Å². The number of methoxy groups -OCH3 is 1. The molecular weight excluding hydrogens is 298 g/mol. The SMILES string of the molecule is COc1ccc(/C=C/C(=O)c2ccc(F)c(Cl)c2)cc1F. The van der Waals surface area contributed by atoms with E-state index in [-0.39, 0.29) is 22.1 Å². The lowest BCUT2D eigenvalue weighted by molar-refractivity contribution is 0.104. The molecule has 5 heteroatoms. The molecule has 0 N–H and O–H groups in total. The quantitative estimate of drug-likeness (QED) is 0.613. The van der Waals surface area contributed by atoms with Gasteiger partial charge in [-0.15, -0.1) is 0 Å². The van der Waals surface area contributed by atoms with Crippen LogP contribution in [0.3, 0.4) is 0 Å². The van der Waals surface area contributed by atoms with Gasteiger partial charge in [0.1, 0.15) is 5.82 Å². The van der Waals surface area contributed by atoms with Crippen LogP contribution < -0.4 is 4.74 Å². The molecule has 0 atom stereocenters. The third-order valence-corrected chi connectivity index (χ3v) is 3.10. The minimum Gasteiger partial charge on any atom is -0.494 e. The monoisotopic (exact) mass is 308 g/mol. The summed E-state index contributed by atoms with van der Waals surface area (Å²) in [7, 11) is 1.37. The Labute approximate surface area is 125 Å². The fourth-order valence-electron chi connectivity index (χ4n) is 1.70. The van der Waals surface area contributed by atoms with E-state index < -0.39 is 11.6 Å². The van der Waals surface area contributed by atoms with Crippen molar-refractivity contribution in [1.29, 1.82) is 0 Å². The van der Waals surface area contributed by atoms with E-state index in [4.69, 9.17) is 16.3 Å². The molecule has 0 heterocycles. The summed E-state index contributed by atoms with van der Waals surface area (Å²) in [5.74, 6) is -1.33. The fourth-order valence-corrected chi connectivity index (χ4v) is 1.88. The van der Waals surface area contributed by atoms with Crippen molar-refractivity contribution in [2.75, 3.05) is 7.11 Å². The first-order valence-corrected chi connectivity index (χ1v) is 6.40. The second kappa shape index (κ2) is 6.50. The molecule has 0 aromatic heterocycles. The number of carbonyl (C=O) groups is 1. The lowest BCUT2D eigenvalue weighted by Gasteiger charge is -2.02. The van der Waals surface area contributed by atoms with E-state index in [1.807, 2.05) is 0 Å². The summed E-state index contributed by atoms with van der Waals surface area (Å²) in [6.45, 7) is 0. The van der Waals surface area contributed by atoms with Gasteiger partial charge in [0.05, 0.1) is 12.1 Å². The van der Waals surface area contributed by atoms with Crippen LogP contribution in [0.4, 0.5) is 8.78 Å². The third-order valence-electron chi connectivity index (χ3n) is 2.81. The maximum absolute atomic E-state index is 13.5. The number of ketones is 1. The Bertz CT molecular complexity index is 711. The topological polar surface area (TPSA) is 26.3 Å². The Hall–Kier alpha value is -2.20. The van der Waals surface area contributed by atoms with Crippen LogP contribution >= 0.6 is 11.6 Å². The number of carbonyl (C=O) groups excluding carboxylic acids is 1. The van der Waals surface area contributed by atoms with Gasteiger partial charge in [-0.25, -0.2) is 8.78 Å². The lowest BCUT2D eigenvalue weighted by atomic mass is 10.1. The number of rotatable bonds is 4. The highest BCUT2D eigenvalue weighted by atomic mass is 35.5. The summed E-state index contributed by atoms with van der Waals surface area (Å²) in [6.07, 6.45) is 2.73. The fraction of sp³-hybridized carbons (Fsp3) is 0.0625. The Morgan fingerprint density at radius 3 is 2.52 bits per heavy atom. The zero-order chi connectivity index (χ0) is 15.4. The van der Waals surface area contributed by atoms with Crippen molar-refractivity contribution in [2.45, 2.75) is 0 Å². The maximum Gasteiger partial charge on any atom is 0.185 e. The van der Waals surface area contributed by atoms with Crippen LogP contribution in [-0.2, 0) is 0 Å². The van der Waals surface area contributed by atoms with Gasteiger partial charge in [-0.1, -0.05) is 23.7 Å². The number of hydrogen-bond acceptors (Lipinski definition) is 2. The normalized spacial score (nSPS) is 10.9. The highest BCUT2D eigenvalue weighted by Crippen LogP contribution is 2.19. The number of hydrogen-bond donors (Lipinski definition) is 0. The Kier molecular flexibility index (Phi) is 4.70. The lowest BCUT2D eigenvalue weighted by Crippen LogP contribution is -1.95. The average Bonchev–Trinajstić information content (AvgIpc) is 2.47. The van der Waals surface area contributed by atoms with Gasteiger partial charge < -0.3 is 4.74 Å². The summed E-state index contributed by atoms with van der Waals surface area (Å²) in [5.41, 5.74) is 0.765. The molecule has 2 nitrogen and oxygen atoms in total. The van der Waals surface area contributed by atoms with E-state index in [1.165, 1.54) is 43.5 Å².